The third-order valence-corrected chi connectivity index (χ3v) is 5.66. The molecule has 1 saturated carbocycles. The molecule has 4 heteroatoms. The molecule has 2 aromatic rings. The molecule has 0 amide bonds. The number of nitrogen functional groups attached to an aromatic ring is 2. The van der Waals surface area contributed by atoms with Crippen molar-refractivity contribution in [1.82, 2.24) is 0 Å². The second-order valence-corrected chi connectivity index (χ2v) is 7.63. The number of nitrogens with two attached hydrogens (primary N) is 2. The van der Waals surface area contributed by atoms with Gasteiger partial charge in [-0.05, 0) is 73.4 Å². The maximum Gasteiger partial charge on any atom is 0.150 e. The first-order valence-corrected chi connectivity index (χ1v) is 9.97. The SMILES string of the molecule is CCCCC1CCC(c2ccc(Oc3ccc(N)cc3N)c(C#N)c2)CC1. The highest BCUT2D eigenvalue weighted by atomic mass is 16.5. The Hall–Kier alpha value is -2.67. The molecule has 0 atom stereocenters. The van der Waals surface area contributed by atoms with Crippen molar-refractivity contribution < 1.29 is 4.74 Å². The average molecular weight is 364 g/mol. The highest BCUT2D eigenvalue weighted by molar-refractivity contribution is 5.62. The third-order valence-electron chi connectivity index (χ3n) is 5.66. The molecule has 0 saturated heterocycles. The van der Waals surface area contributed by atoms with Crippen LogP contribution in [-0.2, 0) is 0 Å². The van der Waals surface area contributed by atoms with Crippen molar-refractivity contribution >= 4 is 11.4 Å². The molecule has 0 heterocycles. The highest BCUT2D eigenvalue weighted by Gasteiger charge is 2.23. The first-order valence-electron chi connectivity index (χ1n) is 9.97. The summed E-state index contributed by atoms with van der Waals surface area (Å²) in [4.78, 5) is 0. The molecule has 0 unspecified atom stereocenters. The Balaban J connectivity index is 1.71. The normalized spacial score (nSPS) is 19.4. The van der Waals surface area contributed by atoms with Crippen molar-refractivity contribution in [3.8, 4) is 17.6 Å². The van der Waals surface area contributed by atoms with E-state index in [-0.39, 0.29) is 0 Å². The maximum absolute atomic E-state index is 9.59. The van der Waals surface area contributed by atoms with Gasteiger partial charge >= 0.3 is 0 Å². The number of nitrogens with zero attached hydrogens (tertiary/aromatic N) is 1. The van der Waals surface area contributed by atoms with E-state index in [4.69, 9.17) is 16.2 Å². The Kier molecular flexibility index (Phi) is 6.24. The van der Waals surface area contributed by atoms with Gasteiger partial charge in [-0.2, -0.15) is 5.26 Å². The monoisotopic (exact) mass is 363 g/mol. The number of benzene rings is 2. The van der Waals surface area contributed by atoms with E-state index >= 15 is 0 Å². The molecule has 1 fully saturated rings. The van der Waals surface area contributed by atoms with E-state index in [1.54, 1.807) is 18.2 Å². The summed E-state index contributed by atoms with van der Waals surface area (Å²) in [5.74, 6) is 2.48. The molecule has 0 radical (unpaired) electrons. The quantitative estimate of drug-likeness (QED) is 0.618. The summed E-state index contributed by atoms with van der Waals surface area (Å²) in [6.07, 6.45) is 9.01. The molecule has 4 N–H and O–H groups in total. The molecule has 4 nitrogen and oxygen atoms in total. The lowest BCUT2D eigenvalue weighted by atomic mass is 9.77. The zero-order valence-electron chi connectivity index (χ0n) is 16.1. The van der Waals surface area contributed by atoms with Crippen molar-refractivity contribution in [1.29, 1.82) is 5.26 Å². The zero-order valence-corrected chi connectivity index (χ0v) is 16.1. The number of unbranched alkanes of at least 4 members (excludes halogenated alkanes) is 1. The van der Waals surface area contributed by atoms with Gasteiger partial charge in [0.2, 0.25) is 0 Å². The van der Waals surface area contributed by atoms with Gasteiger partial charge in [0.05, 0.1) is 11.3 Å². The average Bonchev–Trinajstić information content (AvgIpc) is 2.69. The topological polar surface area (TPSA) is 85.1 Å². The predicted octanol–water partition coefficient (Wildman–Crippen LogP) is 5.98. The summed E-state index contributed by atoms with van der Waals surface area (Å²) in [5.41, 5.74) is 14.6. The van der Waals surface area contributed by atoms with E-state index in [0.29, 0.717) is 34.4 Å². The molecular weight excluding hydrogens is 334 g/mol. The van der Waals surface area contributed by atoms with E-state index < -0.39 is 0 Å². The highest BCUT2D eigenvalue weighted by Crippen LogP contribution is 2.39. The van der Waals surface area contributed by atoms with E-state index in [1.165, 1.54) is 50.5 Å². The van der Waals surface area contributed by atoms with E-state index in [0.717, 1.165) is 5.92 Å². The number of rotatable bonds is 6. The Morgan fingerprint density at radius 2 is 1.78 bits per heavy atom. The van der Waals surface area contributed by atoms with Crippen molar-refractivity contribution in [2.75, 3.05) is 11.5 Å². The van der Waals surface area contributed by atoms with Crippen LogP contribution in [0.25, 0.3) is 0 Å². The largest absolute Gasteiger partial charge is 0.454 e. The third kappa shape index (κ3) is 4.74. The second kappa shape index (κ2) is 8.81. The van der Waals surface area contributed by atoms with Crippen LogP contribution < -0.4 is 16.2 Å². The maximum atomic E-state index is 9.59. The van der Waals surface area contributed by atoms with Crippen LogP contribution in [0.2, 0.25) is 0 Å². The molecule has 142 valence electrons. The first-order chi connectivity index (χ1) is 13.1. The molecule has 1 aliphatic rings. The molecule has 0 spiro atoms. The van der Waals surface area contributed by atoms with Gasteiger partial charge in [-0.25, -0.2) is 0 Å². The van der Waals surface area contributed by atoms with Gasteiger partial charge in [-0.3, -0.25) is 0 Å². The number of anilines is 2. The van der Waals surface area contributed by atoms with Crippen molar-refractivity contribution in [3.63, 3.8) is 0 Å². The zero-order chi connectivity index (χ0) is 19.2. The van der Waals surface area contributed by atoms with E-state index in [9.17, 15) is 5.26 Å². The fourth-order valence-corrected chi connectivity index (χ4v) is 4.03. The minimum absolute atomic E-state index is 0.466. The number of ether oxygens (including phenoxy) is 1. The van der Waals surface area contributed by atoms with Gasteiger partial charge in [0.25, 0.3) is 0 Å². The Morgan fingerprint density at radius 3 is 2.44 bits per heavy atom. The van der Waals surface area contributed by atoms with Crippen LogP contribution in [0.3, 0.4) is 0 Å². The molecular formula is C23H29N3O. The van der Waals surface area contributed by atoms with E-state index in [1.807, 2.05) is 12.1 Å². The predicted molar refractivity (Wildman–Crippen MR) is 111 cm³/mol. The molecule has 0 bridgehead atoms. The van der Waals surface area contributed by atoms with Crippen molar-refractivity contribution in [2.24, 2.45) is 5.92 Å². The summed E-state index contributed by atoms with van der Waals surface area (Å²) in [6.45, 7) is 2.26. The molecule has 0 aromatic heterocycles. The van der Waals surface area contributed by atoms with Crippen molar-refractivity contribution in [3.05, 3.63) is 47.5 Å². The lowest BCUT2D eigenvalue weighted by Gasteiger charge is -2.29. The number of hydrogen-bond donors (Lipinski definition) is 2. The van der Waals surface area contributed by atoms with Crippen LogP contribution in [0.5, 0.6) is 11.5 Å². The lowest BCUT2D eigenvalue weighted by molar-refractivity contribution is 0.304. The van der Waals surface area contributed by atoms with Gasteiger partial charge < -0.3 is 16.2 Å². The molecule has 3 rings (SSSR count). The van der Waals surface area contributed by atoms with Crippen LogP contribution in [0.4, 0.5) is 11.4 Å². The molecule has 2 aromatic carbocycles. The minimum Gasteiger partial charge on any atom is -0.454 e. The molecule has 27 heavy (non-hydrogen) atoms. The summed E-state index contributed by atoms with van der Waals surface area (Å²) in [7, 11) is 0. The number of nitriles is 1. The molecule has 1 aliphatic carbocycles. The van der Waals surface area contributed by atoms with Gasteiger partial charge in [0.15, 0.2) is 5.75 Å². The van der Waals surface area contributed by atoms with Crippen LogP contribution in [-0.4, -0.2) is 0 Å². The Morgan fingerprint density at radius 1 is 1.04 bits per heavy atom. The van der Waals surface area contributed by atoms with E-state index in [2.05, 4.69) is 19.1 Å². The van der Waals surface area contributed by atoms with Gasteiger partial charge in [0.1, 0.15) is 11.8 Å². The second-order valence-electron chi connectivity index (χ2n) is 7.63. The van der Waals surface area contributed by atoms with Gasteiger partial charge in [0, 0.05) is 5.69 Å². The summed E-state index contributed by atoms with van der Waals surface area (Å²) < 4.78 is 5.89. The van der Waals surface area contributed by atoms with Crippen LogP contribution >= 0.6 is 0 Å². The van der Waals surface area contributed by atoms with Gasteiger partial charge in [-0.15, -0.1) is 0 Å². The summed E-state index contributed by atoms with van der Waals surface area (Å²) in [6, 6.07) is 13.4. The van der Waals surface area contributed by atoms with Crippen molar-refractivity contribution in [2.45, 2.75) is 57.8 Å². The Bertz CT molecular complexity index is 817. The molecule has 0 aliphatic heterocycles. The smallest absolute Gasteiger partial charge is 0.150 e. The minimum atomic E-state index is 0.466. The fraction of sp³-hybridized carbons (Fsp3) is 0.435. The van der Waals surface area contributed by atoms with Gasteiger partial charge in [-0.1, -0.05) is 32.3 Å². The Labute approximate surface area is 162 Å². The van der Waals surface area contributed by atoms with Crippen LogP contribution in [0.15, 0.2) is 36.4 Å². The summed E-state index contributed by atoms with van der Waals surface area (Å²) in [5, 5.41) is 9.59. The van der Waals surface area contributed by atoms with Crippen LogP contribution in [0.1, 0.15) is 68.9 Å². The number of hydrogen-bond acceptors (Lipinski definition) is 4. The summed E-state index contributed by atoms with van der Waals surface area (Å²) >= 11 is 0. The fourth-order valence-electron chi connectivity index (χ4n) is 4.03. The van der Waals surface area contributed by atoms with Crippen LogP contribution in [0, 0.1) is 17.2 Å². The first kappa shape index (κ1) is 19.1. The standard InChI is InChI=1S/C23H29N3O/c1-2-3-4-16-5-7-17(8-6-16)18-9-11-22(19(13-18)15-24)27-23-12-10-20(25)14-21(23)26/h9-14,16-17H,2-8,25-26H2,1H3. The lowest BCUT2D eigenvalue weighted by Crippen LogP contribution is -2.13.